The molecule has 0 aliphatic carbocycles. The van der Waals surface area contributed by atoms with Gasteiger partial charge in [0, 0.05) is 12.0 Å². The molecular formula is C20H27NO. The van der Waals surface area contributed by atoms with Crippen molar-refractivity contribution in [2.45, 2.75) is 38.5 Å². The summed E-state index contributed by atoms with van der Waals surface area (Å²) in [5.41, 5.74) is 8.68. The third-order valence-electron chi connectivity index (χ3n) is 4.33. The lowest BCUT2D eigenvalue weighted by Gasteiger charge is -2.28. The number of hydrogen-bond donors (Lipinski definition) is 1. The second kappa shape index (κ2) is 8.00. The Labute approximate surface area is 134 Å². The minimum absolute atomic E-state index is 0.0606. The van der Waals surface area contributed by atoms with Crippen LogP contribution in [0.2, 0.25) is 0 Å². The third kappa shape index (κ3) is 4.60. The molecule has 118 valence electrons. The molecule has 1 atom stereocenters. The number of aryl methyl sites for hydroxylation is 1. The van der Waals surface area contributed by atoms with Crippen LogP contribution in [0.25, 0.3) is 0 Å². The molecule has 0 saturated carbocycles. The van der Waals surface area contributed by atoms with Gasteiger partial charge in [0.15, 0.2) is 0 Å². The van der Waals surface area contributed by atoms with E-state index in [4.69, 9.17) is 10.5 Å². The van der Waals surface area contributed by atoms with Crippen LogP contribution in [0.5, 0.6) is 5.75 Å². The first-order valence-corrected chi connectivity index (χ1v) is 8.09. The van der Waals surface area contributed by atoms with E-state index in [2.05, 4.69) is 56.3 Å². The van der Waals surface area contributed by atoms with Crippen LogP contribution in [-0.2, 0) is 5.41 Å². The van der Waals surface area contributed by atoms with Crippen LogP contribution in [0.15, 0.2) is 54.6 Å². The van der Waals surface area contributed by atoms with Crippen molar-refractivity contribution in [3.8, 4) is 5.75 Å². The van der Waals surface area contributed by atoms with E-state index in [1.54, 1.807) is 0 Å². The number of unbranched alkanes of at least 4 members (excludes halogenated alkanes) is 1. The fraction of sp³-hybridized carbons (Fsp3) is 0.400. The first-order valence-electron chi connectivity index (χ1n) is 8.09. The van der Waals surface area contributed by atoms with E-state index in [9.17, 15) is 0 Å². The Morgan fingerprint density at radius 1 is 0.955 bits per heavy atom. The highest BCUT2D eigenvalue weighted by Gasteiger charge is 2.23. The van der Waals surface area contributed by atoms with Crippen molar-refractivity contribution in [3.63, 3.8) is 0 Å². The second-order valence-electron chi connectivity index (χ2n) is 6.25. The van der Waals surface area contributed by atoms with Gasteiger partial charge in [-0.25, -0.2) is 0 Å². The van der Waals surface area contributed by atoms with Gasteiger partial charge < -0.3 is 10.5 Å². The third-order valence-corrected chi connectivity index (χ3v) is 4.33. The molecule has 22 heavy (non-hydrogen) atoms. The summed E-state index contributed by atoms with van der Waals surface area (Å²) in [6.07, 6.45) is 3.26. The van der Waals surface area contributed by atoms with Crippen LogP contribution in [0.3, 0.4) is 0 Å². The molecule has 0 bridgehead atoms. The van der Waals surface area contributed by atoms with Crippen molar-refractivity contribution in [2.24, 2.45) is 5.73 Å². The van der Waals surface area contributed by atoms with E-state index in [0.717, 1.165) is 31.6 Å². The zero-order valence-corrected chi connectivity index (χ0v) is 13.7. The van der Waals surface area contributed by atoms with E-state index in [1.165, 1.54) is 11.1 Å². The molecule has 2 heteroatoms. The van der Waals surface area contributed by atoms with Gasteiger partial charge in [-0.1, -0.05) is 55.0 Å². The quantitative estimate of drug-likeness (QED) is 0.730. The molecule has 0 heterocycles. The molecule has 2 aromatic rings. The molecule has 2 nitrogen and oxygen atoms in total. The predicted molar refractivity (Wildman–Crippen MR) is 93.4 cm³/mol. The SMILES string of the molecule is Cc1ccc(OCCCCC(C)(CN)c2ccccc2)cc1. The number of benzene rings is 2. The summed E-state index contributed by atoms with van der Waals surface area (Å²) >= 11 is 0. The van der Waals surface area contributed by atoms with Gasteiger partial charge in [-0.3, -0.25) is 0 Å². The molecule has 2 aromatic carbocycles. The Kier molecular flexibility index (Phi) is 6.02. The number of nitrogens with two attached hydrogens (primary N) is 1. The standard InChI is InChI=1S/C20H27NO/c1-17-10-12-19(13-11-17)22-15-7-6-14-20(2,16-21)18-8-4-3-5-9-18/h3-5,8-13H,6-7,14-16,21H2,1-2H3. The Bertz CT molecular complexity index is 550. The highest BCUT2D eigenvalue weighted by Crippen LogP contribution is 2.28. The van der Waals surface area contributed by atoms with Crippen molar-refractivity contribution in [1.29, 1.82) is 0 Å². The van der Waals surface area contributed by atoms with Crippen LogP contribution >= 0.6 is 0 Å². The van der Waals surface area contributed by atoms with Gasteiger partial charge in [-0.15, -0.1) is 0 Å². The molecule has 0 radical (unpaired) electrons. The monoisotopic (exact) mass is 297 g/mol. The Morgan fingerprint density at radius 3 is 2.27 bits per heavy atom. The maximum atomic E-state index is 6.03. The van der Waals surface area contributed by atoms with Crippen molar-refractivity contribution < 1.29 is 4.74 Å². The molecule has 0 aliphatic rings. The number of rotatable bonds is 8. The van der Waals surface area contributed by atoms with Gasteiger partial charge in [0.1, 0.15) is 5.75 Å². The van der Waals surface area contributed by atoms with Gasteiger partial charge in [0.25, 0.3) is 0 Å². The molecule has 0 fully saturated rings. The lowest BCUT2D eigenvalue weighted by molar-refractivity contribution is 0.295. The highest BCUT2D eigenvalue weighted by molar-refractivity contribution is 5.26. The van der Waals surface area contributed by atoms with Crippen LogP contribution in [0.4, 0.5) is 0 Å². The average molecular weight is 297 g/mol. The first-order chi connectivity index (χ1) is 10.6. The lowest BCUT2D eigenvalue weighted by atomic mass is 9.78. The van der Waals surface area contributed by atoms with Crippen LogP contribution in [-0.4, -0.2) is 13.2 Å². The first kappa shape index (κ1) is 16.6. The summed E-state index contributed by atoms with van der Waals surface area (Å²) in [7, 11) is 0. The van der Waals surface area contributed by atoms with E-state index >= 15 is 0 Å². The van der Waals surface area contributed by atoms with E-state index < -0.39 is 0 Å². The molecule has 0 aromatic heterocycles. The molecule has 0 saturated heterocycles. The number of ether oxygens (including phenoxy) is 1. The molecule has 0 aliphatic heterocycles. The summed E-state index contributed by atoms with van der Waals surface area (Å²) in [5, 5.41) is 0. The number of hydrogen-bond acceptors (Lipinski definition) is 2. The van der Waals surface area contributed by atoms with Crippen LogP contribution in [0.1, 0.15) is 37.3 Å². The molecule has 1 unspecified atom stereocenters. The zero-order chi connectivity index (χ0) is 15.8. The van der Waals surface area contributed by atoms with E-state index in [-0.39, 0.29) is 5.41 Å². The zero-order valence-electron chi connectivity index (χ0n) is 13.7. The van der Waals surface area contributed by atoms with Gasteiger partial charge in [-0.05, 0) is 43.9 Å². The minimum Gasteiger partial charge on any atom is -0.494 e. The van der Waals surface area contributed by atoms with Gasteiger partial charge in [0.05, 0.1) is 6.61 Å². The van der Waals surface area contributed by atoms with E-state index in [1.807, 2.05) is 12.1 Å². The van der Waals surface area contributed by atoms with E-state index in [0.29, 0.717) is 6.54 Å². The minimum atomic E-state index is 0.0606. The summed E-state index contributed by atoms with van der Waals surface area (Å²) in [6.45, 7) is 5.78. The summed E-state index contributed by atoms with van der Waals surface area (Å²) in [5.74, 6) is 0.954. The fourth-order valence-electron chi connectivity index (χ4n) is 2.65. The molecule has 2 N–H and O–H groups in total. The van der Waals surface area contributed by atoms with Crippen molar-refractivity contribution in [3.05, 3.63) is 65.7 Å². The van der Waals surface area contributed by atoms with Crippen molar-refractivity contribution >= 4 is 0 Å². The lowest BCUT2D eigenvalue weighted by Crippen LogP contribution is -2.31. The second-order valence-corrected chi connectivity index (χ2v) is 6.25. The van der Waals surface area contributed by atoms with Crippen molar-refractivity contribution in [2.75, 3.05) is 13.2 Å². The summed E-state index contributed by atoms with van der Waals surface area (Å²) in [4.78, 5) is 0. The van der Waals surface area contributed by atoms with Gasteiger partial charge in [-0.2, -0.15) is 0 Å². The van der Waals surface area contributed by atoms with Crippen LogP contribution in [0, 0.1) is 6.92 Å². The van der Waals surface area contributed by atoms with Gasteiger partial charge in [0.2, 0.25) is 0 Å². The predicted octanol–water partition coefficient (Wildman–Crippen LogP) is 4.46. The Morgan fingerprint density at radius 2 is 1.64 bits per heavy atom. The van der Waals surface area contributed by atoms with Crippen molar-refractivity contribution in [1.82, 2.24) is 0 Å². The summed E-state index contributed by atoms with van der Waals surface area (Å²) in [6, 6.07) is 18.8. The Hall–Kier alpha value is -1.80. The Balaban J connectivity index is 1.76. The van der Waals surface area contributed by atoms with Gasteiger partial charge >= 0.3 is 0 Å². The maximum absolute atomic E-state index is 6.03. The van der Waals surface area contributed by atoms with Crippen LogP contribution < -0.4 is 10.5 Å². The smallest absolute Gasteiger partial charge is 0.119 e. The average Bonchev–Trinajstić information content (AvgIpc) is 2.57. The molecule has 0 amide bonds. The highest BCUT2D eigenvalue weighted by atomic mass is 16.5. The molecule has 2 rings (SSSR count). The largest absolute Gasteiger partial charge is 0.494 e. The molecular weight excluding hydrogens is 270 g/mol. The molecule has 0 spiro atoms. The normalized spacial score (nSPS) is 13.6. The summed E-state index contributed by atoms with van der Waals surface area (Å²) < 4.78 is 5.78. The maximum Gasteiger partial charge on any atom is 0.119 e. The fourth-order valence-corrected chi connectivity index (χ4v) is 2.65. The topological polar surface area (TPSA) is 35.2 Å².